The molecule has 21 heavy (non-hydrogen) atoms. The number of benzene rings is 1. The fourth-order valence-electron chi connectivity index (χ4n) is 1.87. The van der Waals surface area contributed by atoms with Crippen molar-refractivity contribution in [2.45, 2.75) is 13.5 Å². The van der Waals surface area contributed by atoms with Crippen molar-refractivity contribution in [3.63, 3.8) is 0 Å². The van der Waals surface area contributed by atoms with Crippen molar-refractivity contribution >= 4 is 17.3 Å². The number of non-ortho nitro benzene ring substituents is 1. The molecule has 1 aromatic heterocycles. The molecule has 0 aliphatic rings. The molecule has 2 rings (SSSR count). The summed E-state index contributed by atoms with van der Waals surface area (Å²) in [5.74, 6) is -1.14. The number of rotatable bonds is 6. The van der Waals surface area contributed by atoms with Crippen LogP contribution in [0.25, 0.3) is 0 Å². The van der Waals surface area contributed by atoms with E-state index in [1.807, 2.05) is 13.1 Å². The average Bonchev–Trinajstić information content (AvgIpc) is 2.84. The first kappa shape index (κ1) is 14.5. The van der Waals surface area contributed by atoms with E-state index in [9.17, 15) is 14.9 Å². The molecule has 8 nitrogen and oxygen atoms in total. The van der Waals surface area contributed by atoms with Gasteiger partial charge in [0, 0.05) is 24.9 Å². The van der Waals surface area contributed by atoms with Crippen LogP contribution in [0.3, 0.4) is 0 Å². The smallest absolute Gasteiger partial charge is 0.337 e. The highest BCUT2D eigenvalue weighted by Gasteiger charge is 2.15. The van der Waals surface area contributed by atoms with Gasteiger partial charge in [0.25, 0.3) is 5.69 Å². The largest absolute Gasteiger partial charge is 0.478 e. The van der Waals surface area contributed by atoms with Gasteiger partial charge in [-0.3, -0.25) is 14.8 Å². The molecule has 1 heterocycles. The molecular weight excluding hydrogens is 276 g/mol. The molecule has 1 aromatic carbocycles. The summed E-state index contributed by atoms with van der Waals surface area (Å²) in [6.07, 6.45) is 3.57. The Morgan fingerprint density at radius 2 is 2.29 bits per heavy atom. The first-order valence-corrected chi connectivity index (χ1v) is 6.22. The van der Waals surface area contributed by atoms with E-state index in [4.69, 9.17) is 5.11 Å². The van der Waals surface area contributed by atoms with Crippen LogP contribution < -0.4 is 5.32 Å². The second-order valence-corrected chi connectivity index (χ2v) is 4.50. The number of nitro benzene ring substituents is 1. The standard InChI is InChI=1S/C13H14N4O4/c1-9-7-15-16(8-9)5-4-14-12-6-10(17(20)21)2-3-11(12)13(18)19/h2-3,6-8,14H,4-5H2,1H3,(H,18,19). The van der Waals surface area contributed by atoms with Gasteiger partial charge in [-0.2, -0.15) is 5.10 Å². The highest BCUT2D eigenvalue weighted by Crippen LogP contribution is 2.22. The molecule has 0 saturated carbocycles. The van der Waals surface area contributed by atoms with Gasteiger partial charge in [-0.25, -0.2) is 4.79 Å². The topological polar surface area (TPSA) is 110 Å². The molecule has 0 amide bonds. The zero-order chi connectivity index (χ0) is 15.4. The van der Waals surface area contributed by atoms with Crippen molar-refractivity contribution in [3.05, 3.63) is 51.8 Å². The van der Waals surface area contributed by atoms with Crippen LogP contribution >= 0.6 is 0 Å². The first-order valence-electron chi connectivity index (χ1n) is 6.22. The summed E-state index contributed by atoms with van der Waals surface area (Å²) in [5.41, 5.74) is 1.09. The average molecular weight is 290 g/mol. The highest BCUT2D eigenvalue weighted by atomic mass is 16.6. The number of hydrogen-bond donors (Lipinski definition) is 2. The lowest BCUT2D eigenvalue weighted by Crippen LogP contribution is -2.13. The molecule has 0 atom stereocenters. The number of nitrogens with zero attached hydrogens (tertiary/aromatic N) is 3. The molecule has 0 fully saturated rings. The van der Waals surface area contributed by atoms with Crippen LogP contribution in [0.5, 0.6) is 0 Å². The third-order valence-electron chi connectivity index (χ3n) is 2.86. The molecule has 2 N–H and O–H groups in total. The number of aryl methyl sites for hydroxylation is 1. The maximum Gasteiger partial charge on any atom is 0.337 e. The van der Waals surface area contributed by atoms with Gasteiger partial charge in [0.15, 0.2) is 0 Å². The van der Waals surface area contributed by atoms with Crippen molar-refractivity contribution in [1.29, 1.82) is 0 Å². The molecule has 0 bridgehead atoms. The quantitative estimate of drug-likeness (QED) is 0.621. The number of aromatic carboxylic acids is 1. The Labute approximate surface area is 120 Å². The van der Waals surface area contributed by atoms with E-state index < -0.39 is 10.9 Å². The second kappa shape index (κ2) is 6.04. The Balaban J connectivity index is 2.11. The van der Waals surface area contributed by atoms with E-state index in [1.54, 1.807) is 10.9 Å². The third-order valence-corrected chi connectivity index (χ3v) is 2.86. The van der Waals surface area contributed by atoms with Crippen LogP contribution in [0.4, 0.5) is 11.4 Å². The zero-order valence-electron chi connectivity index (χ0n) is 11.3. The van der Waals surface area contributed by atoms with E-state index >= 15 is 0 Å². The minimum atomic E-state index is -1.14. The summed E-state index contributed by atoms with van der Waals surface area (Å²) in [4.78, 5) is 21.3. The number of carboxylic acid groups (broad SMARTS) is 1. The minimum absolute atomic E-state index is 0.00255. The molecule has 0 radical (unpaired) electrons. The van der Waals surface area contributed by atoms with Gasteiger partial charge in [0.05, 0.1) is 28.9 Å². The van der Waals surface area contributed by atoms with Gasteiger partial charge in [0.2, 0.25) is 0 Å². The maximum atomic E-state index is 11.1. The van der Waals surface area contributed by atoms with Gasteiger partial charge in [-0.1, -0.05) is 0 Å². The lowest BCUT2D eigenvalue weighted by molar-refractivity contribution is -0.384. The van der Waals surface area contributed by atoms with Gasteiger partial charge in [-0.05, 0) is 18.6 Å². The van der Waals surface area contributed by atoms with Crippen LogP contribution in [0.1, 0.15) is 15.9 Å². The van der Waals surface area contributed by atoms with E-state index in [0.717, 1.165) is 5.56 Å². The van der Waals surface area contributed by atoms with Gasteiger partial charge in [-0.15, -0.1) is 0 Å². The molecule has 0 unspecified atom stereocenters. The summed E-state index contributed by atoms with van der Waals surface area (Å²) in [7, 11) is 0. The lowest BCUT2D eigenvalue weighted by atomic mass is 10.1. The van der Waals surface area contributed by atoms with E-state index in [-0.39, 0.29) is 16.9 Å². The van der Waals surface area contributed by atoms with Crippen LogP contribution in [0.15, 0.2) is 30.6 Å². The lowest BCUT2D eigenvalue weighted by Gasteiger charge is -2.09. The van der Waals surface area contributed by atoms with Crippen molar-refractivity contribution in [2.75, 3.05) is 11.9 Å². The molecule has 8 heteroatoms. The van der Waals surface area contributed by atoms with Crippen LogP contribution in [-0.4, -0.2) is 32.3 Å². The van der Waals surface area contributed by atoms with Crippen molar-refractivity contribution in [3.8, 4) is 0 Å². The van der Waals surface area contributed by atoms with Crippen molar-refractivity contribution < 1.29 is 14.8 Å². The molecule has 2 aromatic rings. The van der Waals surface area contributed by atoms with Crippen molar-refractivity contribution in [1.82, 2.24) is 9.78 Å². The van der Waals surface area contributed by atoms with E-state index in [2.05, 4.69) is 10.4 Å². The van der Waals surface area contributed by atoms with Gasteiger partial charge in [0.1, 0.15) is 0 Å². The van der Waals surface area contributed by atoms with Gasteiger partial charge >= 0.3 is 5.97 Å². The highest BCUT2D eigenvalue weighted by molar-refractivity contribution is 5.94. The normalized spacial score (nSPS) is 10.3. The Bertz CT molecular complexity index is 681. The predicted octanol–water partition coefficient (Wildman–Crippen LogP) is 1.91. The maximum absolute atomic E-state index is 11.1. The van der Waals surface area contributed by atoms with E-state index in [1.165, 1.54) is 18.2 Å². The van der Waals surface area contributed by atoms with Crippen LogP contribution in [0, 0.1) is 17.0 Å². The molecule has 110 valence electrons. The fraction of sp³-hybridized carbons (Fsp3) is 0.231. The molecule has 0 saturated heterocycles. The molecule has 0 spiro atoms. The van der Waals surface area contributed by atoms with Crippen molar-refractivity contribution in [2.24, 2.45) is 0 Å². The summed E-state index contributed by atoms with van der Waals surface area (Å²) in [5, 5.41) is 26.8. The van der Waals surface area contributed by atoms with Crippen LogP contribution in [-0.2, 0) is 6.54 Å². The third kappa shape index (κ3) is 3.56. The number of anilines is 1. The number of aromatic nitrogens is 2. The number of carbonyl (C=O) groups is 1. The van der Waals surface area contributed by atoms with Crippen LogP contribution in [0.2, 0.25) is 0 Å². The fourth-order valence-corrected chi connectivity index (χ4v) is 1.87. The summed E-state index contributed by atoms with van der Waals surface area (Å²) in [6.45, 7) is 2.85. The second-order valence-electron chi connectivity index (χ2n) is 4.50. The summed E-state index contributed by atoms with van der Waals surface area (Å²) < 4.78 is 1.71. The number of hydrogen-bond acceptors (Lipinski definition) is 5. The zero-order valence-corrected chi connectivity index (χ0v) is 11.3. The molecular formula is C13H14N4O4. The van der Waals surface area contributed by atoms with E-state index in [0.29, 0.717) is 13.1 Å². The van der Waals surface area contributed by atoms with Gasteiger partial charge < -0.3 is 10.4 Å². The molecule has 0 aliphatic heterocycles. The Morgan fingerprint density at radius 3 is 2.86 bits per heavy atom. The minimum Gasteiger partial charge on any atom is -0.478 e. The number of carboxylic acids is 1. The molecule has 0 aliphatic carbocycles. The first-order chi connectivity index (χ1) is 9.97. The number of nitrogens with one attached hydrogen (secondary N) is 1. The SMILES string of the molecule is Cc1cnn(CCNc2cc([N+](=O)[O-])ccc2C(=O)O)c1. The summed E-state index contributed by atoms with van der Waals surface area (Å²) >= 11 is 0. The summed E-state index contributed by atoms with van der Waals surface area (Å²) in [6, 6.07) is 3.62. The Morgan fingerprint density at radius 1 is 1.52 bits per heavy atom. The monoisotopic (exact) mass is 290 g/mol. The number of nitro groups is 1. The Kier molecular flexibility index (Phi) is 4.17. The Hall–Kier alpha value is -2.90. The predicted molar refractivity (Wildman–Crippen MR) is 75.5 cm³/mol.